The Morgan fingerprint density at radius 3 is 2.33 bits per heavy atom. The maximum absolute atomic E-state index is 13.0. The lowest BCUT2D eigenvalue weighted by Gasteiger charge is -2.18. The molecule has 0 saturated carbocycles. The van der Waals surface area contributed by atoms with Gasteiger partial charge in [0.1, 0.15) is 12.7 Å². The van der Waals surface area contributed by atoms with Gasteiger partial charge in [0.05, 0.1) is 19.3 Å². The predicted octanol–water partition coefficient (Wildman–Crippen LogP) is -0.165. The molecule has 0 aliphatic heterocycles. The third-order valence-electron chi connectivity index (χ3n) is 3.26. The van der Waals surface area contributed by atoms with Crippen molar-refractivity contribution in [1.82, 2.24) is 5.32 Å². The van der Waals surface area contributed by atoms with Crippen LogP contribution in [-0.2, 0) is 33.2 Å². The van der Waals surface area contributed by atoms with Gasteiger partial charge in [-0.1, -0.05) is 0 Å². The lowest BCUT2D eigenvalue weighted by Crippen LogP contribution is -2.43. The minimum absolute atomic E-state index is 0.0405. The van der Waals surface area contributed by atoms with Crippen molar-refractivity contribution < 1.29 is 51.7 Å². The van der Waals surface area contributed by atoms with Crippen molar-refractivity contribution >= 4 is 37.2 Å². The number of rotatable bonds is 15. The zero-order valence-corrected chi connectivity index (χ0v) is 18.3. The molecular formula is C15H27F2N2O9PS. The topological polar surface area (TPSA) is 174 Å². The van der Waals surface area contributed by atoms with Crippen molar-refractivity contribution in [3.63, 3.8) is 0 Å². The van der Waals surface area contributed by atoms with Crippen LogP contribution in [0.25, 0.3) is 0 Å². The molecule has 0 rings (SSSR count). The highest BCUT2D eigenvalue weighted by Gasteiger charge is 2.47. The molecule has 1 amide bonds. The van der Waals surface area contributed by atoms with Crippen LogP contribution in [-0.4, -0.2) is 83.3 Å². The minimum Gasteiger partial charge on any atom is -0.462 e. The number of hydrogen-bond acceptors (Lipinski definition) is 9. The standard InChI is InChI=1S/C15H27F2N2O9PS/c1-10(20)27-7-12(28-11(2)21)8-30-9-13(18)14(22)19-4-6-26-5-3-15(16,17)29(23,24)25/h12-13H,3-9,18H2,1-2H3,(H,19,22)(H2,23,24,25). The molecule has 15 heteroatoms. The number of ether oxygens (including phenoxy) is 3. The summed E-state index contributed by atoms with van der Waals surface area (Å²) in [5, 5.41) is 2.42. The Bertz CT molecular complexity index is 621. The molecule has 0 aromatic carbocycles. The van der Waals surface area contributed by atoms with Gasteiger partial charge in [-0.25, -0.2) is 0 Å². The Labute approximate surface area is 176 Å². The Balaban J connectivity index is 4.06. The number of nitrogens with two attached hydrogens (primary N) is 1. The SMILES string of the molecule is CC(=O)OCC(CSCC(N)C(=O)NCCOCCC(F)(F)P(=O)(O)O)OC(C)=O. The second-order valence-electron chi connectivity index (χ2n) is 6.04. The van der Waals surface area contributed by atoms with Gasteiger partial charge in [-0.05, 0) is 0 Å². The number of amides is 1. The van der Waals surface area contributed by atoms with Crippen LogP contribution in [0, 0.1) is 0 Å². The highest BCUT2D eigenvalue weighted by molar-refractivity contribution is 7.99. The molecule has 2 atom stereocenters. The molecule has 0 bridgehead atoms. The number of hydrogen-bond donors (Lipinski definition) is 4. The van der Waals surface area contributed by atoms with Gasteiger partial charge in [0.25, 0.3) is 0 Å². The average molecular weight is 480 g/mol. The van der Waals surface area contributed by atoms with E-state index in [1.807, 2.05) is 0 Å². The van der Waals surface area contributed by atoms with E-state index in [9.17, 15) is 27.7 Å². The number of esters is 2. The molecule has 0 aromatic rings. The summed E-state index contributed by atoms with van der Waals surface area (Å²) in [7, 11) is -5.54. The summed E-state index contributed by atoms with van der Waals surface area (Å²) in [5.74, 6) is -1.20. The zero-order chi connectivity index (χ0) is 23.4. The molecule has 0 fully saturated rings. The van der Waals surface area contributed by atoms with Crippen LogP contribution in [0.5, 0.6) is 0 Å². The molecule has 0 saturated heterocycles. The van der Waals surface area contributed by atoms with Gasteiger partial charge in [0.2, 0.25) is 5.91 Å². The Morgan fingerprint density at radius 1 is 1.17 bits per heavy atom. The van der Waals surface area contributed by atoms with Crippen LogP contribution in [0.15, 0.2) is 0 Å². The van der Waals surface area contributed by atoms with E-state index in [1.54, 1.807) is 0 Å². The van der Waals surface area contributed by atoms with Crippen LogP contribution < -0.4 is 11.1 Å². The molecule has 0 aromatic heterocycles. The van der Waals surface area contributed by atoms with Crippen molar-refractivity contribution in [2.75, 3.05) is 37.9 Å². The molecule has 0 aliphatic carbocycles. The maximum Gasteiger partial charge on any atom is 0.394 e. The van der Waals surface area contributed by atoms with Crippen LogP contribution in [0.1, 0.15) is 20.3 Å². The summed E-state index contributed by atoms with van der Waals surface area (Å²) < 4.78 is 51.2. The first-order chi connectivity index (χ1) is 13.8. The zero-order valence-electron chi connectivity index (χ0n) is 16.5. The molecule has 0 aliphatic rings. The van der Waals surface area contributed by atoms with Gasteiger partial charge in [-0.15, -0.1) is 0 Å². The van der Waals surface area contributed by atoms with Crippen molar-refractivity contribution in [2.24, 2.45) is 5.73 Å². The van der Waals surface area contributed by atoms with Crippen molar-refractivity contribution in [3.8, 4) is 0 Å². The van der Waals surface area contributed by atoms with E-state index in [2.05, 4.69) is 5.32 Å². The number of halogens is 2. The highest BCUT2D eigenvalue weighted by Crippen LogP contribution is 2.54. The van der Waals surface area contributed by atoms with Gasteiger partial charge in [0, 0.05) is 38.3 Å². The van der Waals surface area contributed by atoms with Gasteiger partial charge >= 0.3 is 25.2 Å². The Kier molecular flexibility index (Phi) is 13.3. The summed E-state index contributed by atoms with van der Waals surface area (Å²) in [6.45, 7) is 1.50. The van der Waals surface area contributed by atoms with Gasteiger partial charge < -0.3 is 35.0 Å². The second kappa shape index (κ2) is 13.9. The van der Waals surface area contributed by atoms with E-state index in [1.165, 1.54) is 25.6 Å². The quantitative estimate of drug-likeness (QED) is 0.139. The number of carbonyl (C=O) groups is 3. The van der Waals surface area contributed by atoms with Gasteiger partial charge in [-0.2, -0.15) is 20.5 Å². The highest BCUT2D eigenvalue weighted by atomic mass is 32.2. The van der Waals surface area contributed by atoms with Crippen molar-refractivity contribution in [1.29, 1.82) is 0 Å². The fourth-order valence-electron chi connectivity index (χ4n) is 1.78. The third-order valence-corrected chi connectivity index (χ3v) is 5.54. The average Bonchev–Trinajstić information content (AvgIpc) is 2.60. The van der Waals surface area contributed by atoms with E-state index >= 15 is 0 Å². The molecule has 176 valence electrons. The minimum atomic E-state index is -5.54. The first kappa shape index (κ1) is 28.7. The van der Waals surface area contributed by atoms with E-state index in [0.29, 0.717) is 0 Å². The Hall–Kier alpha value is -1.31. The first-order valence-electron chi connectivity index (χ1n) is 8.69. The van der Waals surface area contributed by atoms with Gasteiger partial charge in [0.15, 0.2) is 0 Å². The molecule has 5 N–H and O–H groups in total. The normalized spacial score (nSPS) is 14.0. The van der Waals surface area contributed by atoms with E-state index < -0.39 is 56.3 Å². The molecule has 0 radical (unpaired) electrons. The molecule has 0 spiro atoms. The summed E-state index contributed by atoms with van der Waals surface area (Å²) >= 11 is 1.20. The summed E-state index contributed by atoms with van der Waals surface area (Å²) in [6.07, 6.45) is -1.84. The molecule has 30 heavy (non-hydrogen) atoms. The van der Waals surface area contributed by atoms with Crippen LogP contribution in [0.3, 0.4) is 0 Å². The van der Waals surface area contributed by atoms with Crippen LogP contribution in [0.2, 0.25) is 0 Å². The predicted molar refractivity (Wildman–Crippen MR) is 103 cm³/mol. The van der Waals surface area contributed by atoms with Crippen molar-refractivity contribution in [3.05, 3.63) is 0 Å². The van der Waals surface area contributed by atoms with Gasteiger partial charge in [-0.3, -0.25) is 18.9 Å². The third kappa shape index (κ3) is 13.1. The number of alkyl halides is 2. The lowest BCUT2D eigenvalue weighted by atomic mass is 10.3. The summed E-state index contributed by atoms with van der Waals surface area (Å²) in [6, 6.07) is -0.916. The first-order valence-corrected chi connectivity index (χ1v) is 11.5. The monoisotopic (exact) mass is 480 g/mol. The van der Waals surface area contributed by atoms with Crippen molar-refractivity contribution in [2.45, 2.75) is 38.1 Å². The number of nitrogens with one attached hydrogen (secondary N) is 1. The van der Waals surface area contributed by atoms with E-state index in [-0.39, 0.29) is 31.3 Å². The number of carbonyl (C=O) groups excluding carboxylic acids is 3. The fourth-order valence-corrected chi connectivity index (χ4v) is 3.13. The van der Waals surface area contributed by atoms with Crippen LogP contribution in [0.4, 0.5) is 8.78 Å². The van der Waals surface area contributed by atoms with Crippen LogP contribution >= 0.6 is 19.4 Å². The molecule has 11 nitrogen and oxygen atoms in total. The van der Waals surface area contributed by atoms with E-state index in [0.717, 1.165) is 0 Å². The summed E-state index contributed by atoms with van der Waals surface area (Å²) in [4.78, 5) is 50.7. The number of thioether (sulfide) groups is 1. The molecular weight excluding hydrogens is 453 g/mol. The summed E-state index contributed by atoms with van der Waals surface area (Å²) in [5.41, 5.74) is 1.55. The Morgan fingerprint density at radius 2 is 1.80 bits per heavy atom. The fraction of sp³-hybridized carbons (Fsp3) is 0.800. The molecule has 0 heterocycles. The largest absolute Gasteiger partial charge is 0.462 e. The molecule has 2 unspecified atom stereocenters. The maximum atomic E-state index is 13.0. The van der Waals surface area contributed by atoms with E-state index in [4.69, 9.17) is 29.7 Å². The smallest absolute Gasteiger partial charge is 0.394 e. The lowest BCUT2D eigenvalue weighted by molar-refractivity contribution is -0.154. The second-order valence-corrected chi connectivity index (χ2v) is 8.86.